The van der Waals surface area contributed by atoms with Crippen molar-refractivity contribution in [3.8, 4) is 0 Å². The van der Waals surface area contributed by atoms with Gasteiger partial charge in [-0.25, -0.2) is 0 Å². The highest BCUT2D eigenvalue weighted by molar-refractivity contribution is 5.59. The van der Waals surface area contributed by atoms with Crippen LogP contribution >= 0.6 is 0 Å². The Labute approximate surface area is 83.4 Å². The minimum Gasteiger partial charge on any atom is -0.197 e. The largest absolute Gasteiger partial charge is 0.197 e. The summed E-state index contributed by atoms with van der Waals surface area (Å²) in [5.74, 6) is 0. The molecule has 0 aliphatic rings. The molecular weight excluding hydrogens is 192 g/mol. The van der Waals surface area contributed by atoms with E-state index in [0.717, 1.165) is 16.9 Å². The van der Waals surface area contributed by atoms with Crippen LogP contribution in [-0.2, 0) is 0 Å². The Morgan fingerprint density at radius 3 is 1.27 bits per heavy atom. The fourth-order valence-corrected chi connectivity index (χ4v) is 1.90. The van der Waals surface area contributed by atoms with Crippen molar-refractivity contribution in [3.05, 3.63) is 36.8 Å². The van der Waals surface area contributed by atoms with Crippen LogP contribution < -0.4 is 0 Å². The van der Waals surface area contributed by atoms with Crippen LogP contribution in [0.5, 0.6) is 0 Å². The van der Waals surface area contributed by atoms with Crippen LogP contribution in [0.25, 0.3) is 16.9 Å². The number of hydrogen-bond donors (Lipinski definition) is 0. The molecule has 0 N–H and O–H groups in total. The lowest BCUT2D eigenvalue weighted by Gasteiger charge is -2.01. The molecule has 0 fully saturated rings. The highest BCUT2D eigenvalue weighted by Crippen LogP contribution is 2.12. The van der Waals surface area contributed by atoms with E-state index < -0.39 is 0 Å². The van der Waals surface area contributed by atoms with Crippen molar-refractivity contribution < 1.29 is 0 Å². The van der Waals surface area contributed by atoms with E-state index in [0.29, 0.717) is 0 Å². The zero-order valence-electron chi connectivity index (χ0n) is 7.65. The Hall–Kier alpha value is -2.37. The Balaban J connectivity index is 2.56. The molecule has 0 bridgehead atoms. The van der Waals surface area contributed by atoms with E-state index in [1.54, 1.807) is 18.6 Å². The molecule has 6 nitrogen and oxygen atoms in total. The molecular formula is C9H6N6. The van der Waals surface area contributed by atoms with Crippen LogP contribution in [0.15, 0.2) is 36.8 Å². The molecule has 0 aromatic carbocycles. The first-order valence-electron chi connectivity index (χ1n) is 4.58. The van der Waals surface area contributed by atoms with Gasteiger partial charge in [0.15, 0.2) is 16.9 Å². The first-order chi connectivity index (χ1) is 7.45. The molecule has 0 unspecified atom stereocenters. The molecule has 6 heteroatoms. The van der Waals surface area contributed by atoms with E-state index in [9.17, 15) is 0 Å². The second kappa shape index (κ2) is 2.17. The van der Waals surface area contributed by atoms with Gasteiger partial charge >= 0.3 is 0 Å². The minimum atomic E-state index is 0.933. The number of rotatable bonds is 0. The zero-order chi connectivity index (χ0) is 9.83. The van der Waals surface area contributed by atoms with Gasteiger partial charge in [-0.1, -0.05) is 0 Å². The molecule has 0 aliphatic heterocycles. The minimum absolute atomic E-state index is 0.933. The molecule has 4 rings (SSSR count). The van der Waals surface area contributed by atoms with Crippen molar-refractivity contribution in [1.82, 2.24) is 28.8 Å². The van der Waals surface area contributed by atoms with E-state index in [1.807, 2.05) is 31.7 Å². The highest BCUT2D eigenvalue weighted by Gasteiger charge is 2.08. The van der Waals surface area contributed by atoms with Crippen LogP contribution in [0, 0.1) is 0 Å². The van der Waals surface area contributed by atoms with Crippen LogP contribution in [0.1, 0.15) is 0 Å². The summed E-state index contributed by atoms with van der Waals surface area (Å²) in [7, 11) is 0. The third-order valence-electron chi connectivity index (χ3n) is 2.52. The van der Waals surface area contributed by atoms with Gasteiger partial charge in [-0.05, 0) is 0 Å². The topological polar surface area (TPSA) is 51.9 Å². The van der Waals surface area contributed by atoms with Gasteiger partial charge in [0.1, 0.15) is 0 Å². The average molecular weight is 198 g/mol. The predicted octanol–water partition coefficient (Wildman–Crippen LogP) is 0.630. The standard InChI is InChI=1S/C9H6N6/c1-4-10-13-7(1)14-9(2-5-11-14)15-8(13)3-6-12-15/h1-6H. The molecule has 72 valence electrons. The van der Waals surface area contributed by atoms with Crippen molar-refractivity contribution >= 4 is 16.9 Å². The normalized spacial score (nSPS) is 12.0. The van der Waals surface area contributed by atoms with Crippen LogP contribution in [0.2, 0.25) is 0 Å². The fraction of sp³-hybridized carbons (Fsp3) is 0. The highest BCUT2D eigenvalue weighted by atomic mass is 15.4. The van der Waals surface area contributed by atoms with Crippen molar-refractivity contribution in [3.63, 3.8) is 0 Å². The summed E-state index contributed by atoms with van der Waals surface area (Å²) in [5, 5.41) is 12.7. The second-order valence-electron chi connectivity index (χ2n) is 3.30. The summed E-state index contributed by atoms with van der Waals surface area (Å²) in [5.41, 5.74) is 2.80. The maximum atomic E-state index is 4.24. The number of hydrogen-bond acceptors (Lipinski definition) is 3. The average Bonchev–Trinajstić information content (AvgIpc) is 2.97. The Morgan fingerprint density at radius 1 is 0.600 bits per heavy atom. The first kappa shape index (κ1) is 6.99. The maximum Gasteiger partial charge on any atom is 0.161 e. The first-order valence-corrected chi connectivity index (χ1v) is 4.58. The van der Waals surface area contributed by atoms with Crippen molar-refractivity contribution in [2.24, 2.45) is 0 Å². The molecule has 0 aliphatic carbocycles. The van der Waals surface area contributed by atoms with Gasteiger partial charge in [0.25, 0.3) is 0 Å². The summed E-state index contributed by atoms with van der Waals surface area (Å²) < 4.78 is 5.44. The molecule has 4 aromatic rings. The monoisotopic (exact) mass is 198 g/mol. The Bertz CT molecular complexity index is 579. The maximum absolute atomic E-state index is 4.24. The van der Waals surface area contributed by atoms with Gasteiger partial charge in [0, 0.05) is 18.2 Å². The predicted molar refractivity (Wildman–Crippen MR) is 52.7 cm³/mol. The molecule has 0 saturated heterocycles. The Kier molecular flexibility index (Phi) is 1.01. The van der Waals surface area contributed by atoms with Crippen LogP contribution in [0.3, 0.4) is 0 Å². The van der Waals surface area contributed by atoms with E-state index in [-0.39, 0.29) is 0 Å². The van der Waals surface area contributed by atoms with Crippen molar-refractivity contribution in [1.29, 1.82) is 0 Å². The lowest BCUT2D eigenvalue weighted by Crippen LogP contribution is -2.04. The smallest absolute Gasteiger partial charge is 0.161 e. The number of aromatic nitrogens is 6. The third-order valence-corrected chi connectivity index (χ3v) is 2.52. The van der Waals surface area contributed by atoms with E-state index in [4.69, 9.17) is 0 Å². The van der Waals surface area contributed by atoms with Gasteiger partial charge in [-0.2, -0.15) is 28.8 Å². The molecule has 4 heterocycles. The summed E-state index contributed by atoms with van der Waals surface area (Å²) in [6, 6.07) is 5.77. The van der Waals surface area contributed by atoms with Crippen molar-refractivity contribution in [2.45, 2.75) is 0 Å². The van der Waals surface area contributed by atoms with Gasteiger partial charge < -0.3 is 0 Å². The third kappa shape index (κ3) is 0.687. The fourth-order valence-electron chi connectivity index (χ4n) is 1.90. The van der Waals surface area contributed by atoms with Crippen LogP contribution in [0.4, 0.5) is 0 Å². The summed E-state index contributed by atoms with van der Waals surface area (Å²) in [4.78, 5) is 0. The molecule has 0 amide bonds. The van der Waals surface area contributed by atoms with E-state index in [1.165, 1.54) is 0 Å². The van der Waals surface area contributed by atoms with Gasteiger partial charge in [-0.15, -0.1) is 0 Å². The lowest BCUT2D eigenvalue weighted by atomic mass is 10.6. The molecule has 0 radical (unpaired) electrons. The van der Waals surface area contributed by atoms with Gasteiger partial charge in [0.2, 0.25) is 0 Å². The number of fused-ring (bicyclic) bond motifs is 6. The van der Waals surface area contributed by atoms with Crippen molar-refractivity contribution in [2.75, 3.05) is 0 Å². The molecule has 0 saturated carbocycles. The van der Waals surface area contributed by atoms with Gasteiger partial charge in [0.05, 0.1) is 18.6 Å². The zero-order valence-corrected chi connectivity index (χ0v) is 7.65. The van der Waals surface area contributed by atoms with E-state index in [2.05, 4.69) is 15.3 Å². The number of nitrogens with zero attached hydrogens (tertiary/aromatic N) is 6. The SMILES string of the molecule is c1cc2n(n1)c1ccnn1c1ccnn21. The second-order valence-corrected chi connectivity index (χ2v) is 3.30. The molecule has 0 spiro atoms. The van der Waals surface area contributed by atoms with E-state index >= 15 is 0 Å². The Morgan fingerprint density at radius 2 is 0.933 bits per heavy atom. The molecule has 15 heavy (non-hydrogen) atoms. The molecule has 4 aromatic heterocycles. The summed E-state index contributed by atoms with van der Waals surface area (Å²) >= 11 is 0. The summed E-state index contributed by atoms with van der Waals surface area (Å²) in [6.07, 6.45) is 5.26. The lowest BCUT2D eigenvalue weighted by molar-refractivity contribution is 0.828. The summed E-state index contributed by atoms with van der Waals surface area (Å²) in [6.45, 7) is 0. The molecule has 0 atom stereocenters. The van der Waals surface area contributed by atoms with Crippen LogP contribution in [-0.4, -0.2) is 28.8 Å². The quantitative estimate of drug-likeness (QED) is 0.416. The van der Waals surface area contributed by atoms with Gasteiger partial charge in [-0.3, -0.25) is 0 Å².